The minimum absolute atomic E-state index is 0. The Morgan fingerprint density at radius 3 is 2.86 bits per heavy atom. The normalized spacial score (nSPS) is 9.29. The molecule has 3 N–H and O–H groups in total. The fourth-order valence-corrected chi connectivity index (χ4v) is 1.97. The van der Waals surface area contributed by atoms with Gasteiger partial charge in [0.05, 0.1) is 9.35 Å². The summed E-state index contributed by atoms with van der Waals surface area (Å²) in [5.41, 5.74) is 6.00. The Hall–Kier alpha value is -0.100. The first-order chi connectivity index (χ1) is 6.24. The van der Waals surface area contributed by atoms with E-state index in [2.05, 4.69) is 21.2 Å². The third-order valence-corrected chi connectivity index (χ3v) is 3.00. The Bertz CT molecular complexity index is 293. The molecule has 0 radical (unpaired) electrons. The Labute approximate surface area is 102 Å². The van der Waals surface area contributed by atoms with Gasteiger partial charge in [0, 0.05) is 11.9 Å². The number of rotatable bonds is 4. The number of carbonyl (C=O) groups excluding carboxylic acids is 1. The lowest BCUT2D eigenvalue weighted by Gasteiger charge is -2.00. The summed E-state index contributed by atoms with van der Waals surface area (Å²) < 4.78 is 0.969. The van der Waals surface area contributed by atoms with Crippen LogP contribution in [-0.2, 0) is 0 Å². The fraction of sp³-hybridized carbons (Fsp3) is 0.375. The minimum Gasteiger partial charge on any atom is -0.352 e. The highest BCUT2D eigenvalue weighted by Gasteiger charge is 2.05. The lowest BCUT2D eigenvalue weighted by atomic mass is 10.3. The van der Waals surface area contributed by atoms with Crippen LogP contribution in [0.3, 0.4) is 0 Å². The number of carbonyl (C=O) groups is 1. The molecule has 1 rings (SSSR count). The standard InChI is InChI=1S/C8H11BrN2OS.ClH/c9-7-4-6(5-13-7)8(12)11-3-1-2-10;/h4-5H,1-3,10H2,(H,11,12);1H. The molecule has 14 heavy (non-hydrogen) atoms. The Balaban J connectivity index is 0.00000169. The van der Waals surface area contributed by atoms with E-state index < -0.39 is 0 Å². The van der Waals surface area contributed by atoms with E-state index in [1.807, 2.05) is 11.4 Å². The predicted molar refractivity (Wildman–Crippen MR) is 65.3 cm³/mol. The first-order valence-electron chi connectivity index (χ1n) is 3.96. The number of thiophene rings is 1. The van der Waals surface area contributed by atoms with E-state index in [4.69, 9.17) is 5.73 Å². The van der Waals surface area contributed by atoms with Crippen LogP contribution in [0.1, 0.15) is 16.8 Å². The minimum atomic E-state index is -0.0320. The first-order valence-corrected chi connectivity index (χ1v) is 5.63. The summed E-state index contributed by atoms with van der Waals surface area (Å²) in [5, 5.41) is 4.60. The second-order valence-corrected chi connectivity index (χ2v) is 4.83. The second-order valence-electron chi connectivity index (χ2n) is 2.54. The van der Waals surface area contributed by atoms with Crippen LogP contribution >= 0.6 is 39.7 Å². The molecule has 0 atom stereocenters. The molecule has 1 amide bonds. The maximum atomic E-state index is 11.4. The van der Waals surface area contributed by atoms with Crippen LogP contribution in [0.15, 0.2) is 15.2 Å². The van der Waals surface area contributed by atoms with Crippen molar-refractivity contribution in [2.24, 2.45) is 5.73 Å². The highest BCUT2D eigenvalue weighted by Crippen LogP contribution is 2.20. The van der Waals surface area contributed by atoms with E-state index >= 15 is 0 Å². The summed E-state index contributed by atoms with van der Waals surface area (Å²) in [6.07, 6.45) is 0.817. The van der Waals surface area contributed by atoms with Gasteiger partial charge in [-0.15, -0.1) is 23.7 Å². The van der Waals surface area contributed by atoms with E-state index in [-0.39, 0.29) is 18.3 Å². The van der Waals surface area contributed by atoms with Crippen molar-refractivity contribution in [3.05, 3.63) is 20.8 Å². The molecule has 1 aromatic heterocycles. The number of nitrogens with two attached hydrogens (primary N) is 1. The summed E-state index contributed by atoms with van der Waals surface area (Å²) >= 11 is 4.80. The van der Waals surface area contributed by atoms with Gasteiger partial charge in [0.25, 0.3) is 5.91 Å². The van der Waals surface area contributed by atoms with Crippen LogP contribution in [0, 0.1) is 0 Å². The van der Waals surface area contributed by atoms with Crippen molar-refractivity contribution in [2.45, 2.75) is 6.42 Å². The molecule has 6 heteroatoms. The van der Waals surface area contributed by atoms with Crippen LogP contribution in [-0.4, -0.2) is 19.0 Å². The van der Waals surface area contributed by atoms with E-state index in [1.54, 1.807) is 0 Å². The van der Waals surface area contributed by atoms with Gasteiger partial charge < -0.3 is 11.1 Å². The molecule has 0 spiro atoms. The van der Waals surface area contributed by atoms with Gasteiger partial charge in [-0.1, -0.05) is 0 Å². The zero-order valence-electron chi connectivity index (χ0n) is 7.46. The Morgan fingerprint density at radius 1 is 1.64 bits per heavy atom. The SMILES string of the molecule is Cl.NCCCNC(=O)c1csc(Br)c1. The van der Waals surface area contributed by atoms with Crippen molar-refractivity contribution in [3.8, 4) is 0 Å². The van der Waals surface area contributed by atoms with Crippen LogP contribution in [0.4, 0.5) is 0 Å². The molecule has 0 aliphatic carbocycles. The van der Waals surface area contributed by atoms with E-state index in [0.717, 1.165) is 10.2 Å². The molecule has 0 bridgehead atoms. The van der Waals surface area contributed by atoms with E-state index in [1.165, 1.54) is 11.3 Å². The van der Waals surface area contributed by atoms with Gasteiger partial charge in [-0.2, -0.15) is 0 Å². The van der Waals surface area contributed by atoms with Crippen molar-refractivity contribution in [1.82, 2.24) is 5.32 Å². The highest BCUT2D eigenvalue weighted by molar-refractivity contribution is 9.11. The number of nitrogens with one attached hydrogen (secondary N) is 1. The third kappa shape index (κ3) is 4.41. The molecule has 80 valence electrons. The van der Waals surface area contributed by atoms with Gasteiger partial charge in [-0.25, -0.2) is 0 Å². The Kier molecular flexibility index (Phi) is 7.17. The molecule has 3 nitrogen and oxygen atoms in total. The smallest absolute Gasteiger partial charge is 0.252 e. The van der Waals surface area contributed by atoms with Gasteiger partial charge in [-0.05, 0) is 35.0 Å². The van der Waals surface area contributed by atoms with Gasteiger partial charge in [0.2, 0.25) is 0 Å². The molecule has 0 saturated carbocycles. The molecule has 0 unspecified atom stereocenters. The van der Waals surface area contributed by atoms with Crippen LogP contribution in [0.2, 0.25) is 0 Å². The monoisotopic (exact) mass is 298 g/mol. The average Bonchev–Trinajstić information content (AvgIpc) is 2.52. The number of halogens is 2. The lowest BCUT2D eigenvalue weighted by molar-refractivity contribution is 0.0954. The van der Waals surface area contributed by atoms with Crippen molar-refractivity contribution in [2.75, 3.05) is 13.1 Å². The van der Waals surface area contributed by atoms with Crippen molar-refractivity contribution >= 4 is 45.6 Å². The zero-order chi connectivity index (χ0) is 9.68. The molecule has 0 saturated heterocycles. The summed E-state index contributed by atoms with van der Waals surface area (Å²) in [7, 11) is 0. The maximum Gasteiger partial charge on any atom is 0.252 e. The van der Waals surface area contributed by atoms with Crippen LogP contribution in [0.5, 0.6) is 0 Å². The number of hydrogen-bond donors (Lipinski definition) is 2. The largest absolute Gasteiger partial charge is 0.352 e. The average molecular weight is 300 g/mol. The summed E-state index contributed by atoms with van der Waals surface area (Å²) in [6, 6.07) is 1.81. The van der Waals surface area contributed by atoms with Crippen molar-refractivity contribution < 1.29 is 4.79 Å². The molecule has 1 heterocycles. The van der Waals surface area contributed by atoms with Gasteiger partial charge in [0.1, 0.15) is 0 Å². The third-order valence-electron chi connectivity index (χ3n) is 1.50. The van der Waals surface area contributed by atoms with Crippen LogP contribution < -0.4 is 11.1 Å². The lowest BCUT2D eigenvalue weighted by Crippen LogP contribution is -2.25. The Morgan fingerprint density at radius 2 is 2.36 bits per heavy atom. The quantitative estimate of drug-likeness (QED) is 0.836. The summed E-state index contributed by atoms with van der Waals surface area (Å²) in [6.45, 7) is 1.25. The van der Waals surface area contributed by atoms with Gasteiger partial charge in [0.15, 0.2) is 0 Å². The number of hydrogen-bond acceptors (Lipinski definition) is 3. The van der Waals surface area contributed by atoms with Gasteiger partial charge >= 0.3 is 0 Å². The first kappa shape index (κ1) is 13.9. The molecule has 0 aliphatic rings. The summed E-state index contributed by atoms with van der Waals surface area (Å²) in [4.78, 5) is 11.4. The zero-order valence-corrected chi connectivity index (χ0v) is 10.7. The molecule has 1 aromatic rings. The molecular formula is C8H12BrClN2OS. The molecule has 0 aromatic carbocycles. The van der Waals surface area contributed by atoms with Crippen LogP contribution in [0.25, 0.3) is 0 Å². The second kappa shape index (κ2) is 7.23. The van der Waals surface area contributed by atoms with Crippen molar-refractivity contribution in [3.63, 3.8) is 0 Å². The molecular weight excluding hydrogens is 288 g/mol. The highest BCUT2D eigenvalue weighted by atomic mass is 79.9. The molecule has 0 aliphatic heterocycles. The number of amides is 1. The maximum absolute atomic E-state index is 11.4. The molecule has 0 fully saturated rings. The topological polar surface area (TPSA) is 55.1 Å². The predicted octanol–water partition coefficient (Wildman–Crippen LogP) is 2.01. The van der Waals surface area contributed by atoms with E-state index in [9.17, 15) is 4.79 Å². The van der Waals surface area contributed by atoms with E-state index in [0.29, 0.717) is 18.7 Å². The van der Waals surface area contributed by atoms with Crippen molar-refractivity contribution in [1.29, 1.82) is 0 Å². The fourth-order valence-electron chi connectivity index (χ4n) is 0.835. The van der Waals surface area contributed by atoms with Gasteiger partial charge in [-0.3, -0.25) is 4.79 Å². The summed E-state index contributed by atoms with van der Waals surface area (Å²) in [5.74, 6) is -0.0320.